The molecule has 1 unspecified atom stereocenters. The number of amides is 1. The van der Waals surface area contributed by atoms with E-state index < -0.39 is 0 Å². The van der Waals surface area contributed by atoms with E-state index in [0.29, 0.717) is 26.3 Å². The van der Waals surface area contributed by atoms with Gasteiger partial charge in [0, 0.05) is 24.9 Å². The van der Waals surface area contributed by atoms with Gasteiger partial charge in [0.15, 0.2) is 0 Å². The van der Waals surface area contributed by atoms with Gasteiger partial charge in [0.25, 0.3) is 0 Å². The van der Waals surface area contributed by atoms with E-state index in [2.05, 4.69) is 0 Å². The van der Waals surface area contributed by atoms with Crippen molar-refractivity contribution in [1.82, 2.24) is 4.90 Å². The fraction of sp³-hybridized carbons (Fsp3) is 0.909. The first-order valence-electron chi connectivity index (χ1n) is 5.79. The molecular weight excluding hydrogens is 210 g/mol. The lowest BCUT2D eigenvalue weighted by molar-refractivity contribution is -0.119. The SMILES string of the molecule is CC(C)OC(=O)N1C[C@H]2COC[C@@H](C1)C2O. The van der Waals surface area contributed by atoms with Gasteiger partial charge in [-0.25, -0.2) is 4.79 Å². The predicted molar refractivity (Wildman–Crippen MR) is 57.0 cm³/mol. The van der Waals surface area contributed by atoms with Crippen molar-refractivity contribution in [1.29, 1.82) is 0 Å². The number of piperidine rings is 1. The fourth-order valence-electron chi connectivity index (χ4n) is 2.34. The summed E-state index contributed by atoms with van der Waals surface area (Å²) in [5.74, 6) is 0.0689. The number of carbonyl (C=O) groups excluding carboxylic acids is 1. The first-order chi connectivity index (χ1) is 7.58. The highest BCUT2D eigenvalue weighted by molar-refractivity contribution is 5.68. The van der Waals surface area contributed by atoms with Crippen molar-refractivity contribution in [3.63, 3.8) is 0 Å². The summed E-state index contributed by atoms with van der Waals surface area (Å²) in [6.45, 7) is 5.79. The van der Waals surface area contributed by atoms with Crippen LogP contribution in [0.25, 0.3) is 0 Å². The Hall–Kier alpha value is -0.810. The molecule has 0 spiro atoms. The third-order valence-electron chi connectivity index (χ3n) is 3.13. The Morgan fingerprint density at radius 1 is 1.38 bits per heavy atom. The minimum atomic E-state index is -0.336. The van der Waals surface area contributed by atoms with Crippen molar-refractivity contribution in [2.24, 2.45) is 11.8 Å². The standard InChI is InChI=1S/C11H19NO4/c1-7(2)16-11(14)12-3-8-5-15-6-9(4-12)10(8)13/h7-10,13H,3-6H2,1-2H3/t8-,9+,10?. The Morgan fingerprint density at radius 2 is 1.94 bits per heavy atom. The van der Waals surface area contributed by atoms with Crippen LogP contribution in [0, 0.1) is 11.8 Å². The first kappa shape index (κ1) is 11.7. The van der Waals surface area contributed by atoms with Gasteiger partial charge in [-0.3, -0.25) is 0 Å². The summed E-state index contributed by atoms with van der Waals surface area (Å²) >= 11 is 0. The maximum atomic E-state index is 11.7. The molecule has 2 aliphatic heterocycles. The van der Waals surface area contributed by atoms with E-state index in [9.17, 15) is 9.90 Å². The number of fused-ring (bicyclic) bond motifs is 2. The van der Waals surface area contributed by atoms with Crippen LogP contribution in [0.5, 0.6) is 0 Å². The summed E-state index contributed by atoms with van der Waals surface area (Å²) in [7, 11) is 0. The molecule has 0 saturated carbocycles. The molecule has 1 N–H and O–H groups in total. The molecule has 0 aromatic heterocycles. The van der Waals surface area contributed by atoms with Gasteiger partial charge in [-0.15, -0.1) is 0 Å². The molecule has 0 aromatic rings. The third kappa shape index (κ3) is 2.30. The molecule has 16 heavy (non-hydrogen) atoms. The minimum absolute atomic E-state index is 0.0345. The van der Waals surface area contributed by atoms with Crippen molar-refractivity contribution < 1.29 is 19.4 Å². The number of hydrogen-bond donors (Lipinski definition) is 1. The highest BCUT2D eigenvalue weighted by Gasteiger charge is 2.41. The van der Waals surface area contributed by atoms with Gasteiger partial charge in [-0.1, -0.05) is 0 Å². The van der Waals surface area contributed by atoms with Crippen molar-refractivity contribution in [3.05, 3.63) is 0 Å². The molecule has 2 bridgehead atoms. The van der Waals surface area contributed by atoms with Gasteiger partial charge >= 0.3 is 6.09 Å². The number of aliphatic hydroxyl groups is 1. The number of aliphatic hydroxyl groups excluding tert-OH is 1. The number of carbonyl (C=O) groups is 1. The van der Waals surface area contributed by atoms with Crippen molar-refractivity contribution in [2.75, 3.05) is 26.3 Å². The van der Waals surface area contributed by atoms with E-state index in [4.69, 9.17) is 9.47 Å². The van der Waals surface area contributed by atoms with Crippen LogP contribution in [0.1, 0.15) is 13.8 Å². The lowest BCUT2D eigenvalue weighted by atomic mass is 9.85. The Labute approximate surface area is 95.3 Å². The highest BCUT2D eigenvalue weighted by atomic mass is 16.6. The summed E-state index contributed by atoms with van der Waals surface area (Å²) < 4.78 is 10.5. The molecule has 2 fully saturated rings. The number of hydrogen-bond acceptors (Lipinski definition) is 4. The fourth-order valence-corrected chi connectivity index (χ4v) is 2.34. The monoisotopic (exact) mass is 229 g/mol. The summed E-state index contributed by atoms with van der Waals surface area (Å²) in [6.07, 6.45) is -0.717. The van der Waals surface area contributed by atoms with Crippen LogP contribution >= 0.6 is 0 Å². The molecule has 5 nitrogen and oxygen atoms in total. The second-order valence-corrected chi connectivity index (χ2v) is 4.89. The number of likely N-dealkylation sites (tertiary alicyclic amines) is 1. The molecular formula is C11H19NO4. The molecule has 2 heterocycles. The first-order valence-corrected chi connectivity index (χ1v) is 5.79. The van der Waals surface area contributed by atoms with Crippen LogP contribution in [0.3, 0.4) is 0 Å². The highest BCUT2D eigenvalue weighted by Crippen LogP contribution is 2.27. The Bertz CT molecular complexity index is 255. The third-order valence-corrected chi connectivity index (χ3v) is 3.13. The van der Waals surface area contributed by atoms with Crippen LogP contribution in [-0.2, 0) is 9.47 Å². The molecule has 2 rings (SSSR count). The molecule has 0 aliphatic carbocycles. The summed E-state index contributed by atoms with van der Waals surface area (Å²) in [5.41, 5.74) is 0. The van der Waals surface area contributed by atoms with E-state index in [1.54, 1.807) is 4.90 Å². The quantitative estimate of drug-likeness (QED) is 0.710. The van der Waals surface area contributed by atoms with Crippen LogP contribution in [0.4, 0.5) is 4.79 Å². The number of nitrogens with zero attached hydrogens (tertiary/aromatic N) is 1. The van der Waals surface area contributed by atoms with Crippen molar-refractivity contribution in [2.45, 2.75) is 26.1 Å². The van der Waals surface area contributed by atoms with Crippen LogP contribution in [0.15, 0.2) is 0 Å². The number of rotatable bonds is 1. The summed E-state index contributed by atoms with van der Waals surface area (Å²) in [4.78, 5) is 13.4. The smallest absolute Gasteiger partial charge is 0.410 e. The molecule has 0 radical (unpaired) electrons. The zero-order valence-corrected chi connectivity index (χ0v) is 9.76. The largest absolute Gasteiger partial charge is 0.447 e. The maximum absolute atomic E-state index is 11.7. The molecule has 92 valence electrons. The maximum Gasteiger partial charge on any atom is 0.410 e. The predicted octanol–water partition coefficient (Wildman–Crippen LogP) is 0.470. The van der Waals surface area contributed by atoms with Gasteiger partial charge in [0.1, 0.15) is 0 Å². The molecule has 2 aliphatic rings. The Kier molecular flexibility index (Phi) is 3.35. The average Bonchev–Trinajstić information content (AvgIpc) is 2.15. The van der Waals surface area contributed by atoms with Gasteiger partial charge in [0.2, 0.25) is 0 Å². The average molecular weight is 229 g/mol. The Morgan fingerprint density at radius 3 is 2.44 bits per heavy atom. The molecule has 2 saturated heterocycles. The molecule has 3 atom stereocenters. The summed E-state index contributed by atoms with van der Waals surface area (Å²) in [6, 6.07) is 0. The number of ether oxygens (including phenoxy) is 2. The van der Waals surface area contributed by atoms with Gasteiger partial charge in [-0.2, -0.15) is 0 Å². The van der Waals surface area contributed by atoms with Crippen molar-refractivity contribution >= 4 is 6.09 Å². The van der Waals surface area contributed by atoms with E-state index in [1.165, 1.54) is 0 Å². The minimum Gasteiger partial charge on any atom is -0.447 e. The summed E-state index contributed by atoms with van der Waals surface area (Å²) in [5, 5.41) is 9.91. The van der Waals surface area contributed by atoms with E-state index in [0.717, 1.165) is 0 Å². The lowest BCUT2D eigenvalue weighted by Crippen LogP contribution is -2.57. The van der Waals surface area contributed by atoms with Crippen LogP contribution in [-0.4, -0.2) is 54.6 Å². The lowest BCUT2D eigenvalue weighted by Gasteiger charge is -2.44. The Balaban J connectivity index is 1.96. The molecule has 1 amide bonds. The normalized spacial score (nSPS) is 34.0. The zero-order valence-electron chi connectivity index (χ0n) is 9.76. The van der Waals surface area contributed by atoms with Gasteiger partial charge in [-0.05, 0) is 13.8 Å². The van der Waals surface area contributed by atoms with Crippen LogP contribution in [0.2, 0.25) is 0 Å². The molecule has 5 heteroatoms. The van der Waals surface area contributed by atoms with Crippen LogP contribution < -0.4 is 0 Å². The topological polar surface area (TPSA) is 59.0 Å². The van der Waals surface area contributed by atoms with Gasteiger partial charge in [0.05, 0.1) is 25.4 Å². The van der Waals surface area contributed by atoms with E-state index in [-0.39, 0.29) is 30.1 Å². The second-order valence-electron chi connectivity index (χ2n) is 4.89. The van der Waals surface area contributed by atoms with E-state index in [1.807, 2.05) is 13.8 Å². The van der Waals surface area contributed by atoms with Crippen molar-refractivity contribution in [3.8, 4) is 0 Å². The second kappa shape index (κ2) is 4.59. The van der Waals surface area contributed by atoms with Gasteiger partial charge < -0.3 is 19.5 Å². The molecule has 0 aromatic carbocycles. The van der Waals surface area contributed by atoms with E-state index >= 15 is 0 Å². The zero-order chi connectivity index (χ0) is 11.7.